The Labute approximate surface area is 98.2 Å². The topological polar surface area (TPSA) is 45.2 Å². The van der Waals surface area contributed by atoms with Crippen molar-refractivity contribution in [3.8, 4) is 0 Å². The van der Waals surface area contributed by atoms with Gasteiger partial charge in [-0.2, -0.15) is 0 Å². The molecule has 0 aliphatic carbocycles. The number of nitrogens with one attached hydrogen (secondary N) is 1. The Balaban J connectivity index is 0.00000256. The van der Waals surface area contributed by atoms with Crippen LogP contribution in [0.4, 0.5) is 0 Å². The minimum atomic E-state index is -0.0678. The third-order valence-electron chi connectivity index (χ3n) is 2.34. The molecule has 1 amide bonds. The lowest BCUT2D eigenvalue weighted by molar-refractivity contribution is 0.0962. The normalized spacial score (nSPS) is 10.5. The summed E-state index contributed by atoms with van der Waals surface area (Å²) < 4.78 is 0. The quantitative estimate of drug-likeness (QED) is 0.823. The molecule has 0 fully saturated rings. The van der Waals surface area contributed by atoms with E-state index in [1.807, 2.05) is 6.07 Å². The van der Waals surface area contributed by atoms with Gasteiger partial charge in [0.25, 0.3) is 5.91 Å². The smallest absolute Gasteiger partial charge is 0.251 e. The van der Waals surface area contributed by atoms with Crippen LogP contribution in [-0.2, 0) is 6.54 Å². The van der Waals surface area contributed by atoms with Gasteiger partial charge in [0.05, 0.1) is 5.69 Å². The molecular formula is C12H21N3O. The highest BCUT2D eigenvalue weighted by Gasteiger charge is 2.06. The van der Waals surface area contributed by atoms with E-state index in [-0.39, 0.29) is 7.33 Å². The van der Waals surface area contributed by atoms with E-state index in [0.717, 1.165) is 25.2 Å². The molecule has 0 unspecified atom stereocenters. The molecule has 4 nitrogen and oxygen atoms in total. The molecule has 1 heterocycles. The Morgan fingerprint density at radius 3 is 3.00 bits per heavy atom. The molecule has 4 heteroatoms. The fraction of sp³-hybridized carbons (Fsp3) is 0.500. The van der Waals surface area contributed by atoms with Crippen molar-refractivity contribution in [2.45, 2.75) is 19.9 Å². The first kappa shape index (κ1) is 12.6. The minimum Gasteiger partial charge on any atom is -0.355 e. The first-order valence-electron chi connectivity index (χ1n) is 5.53. The van der Waals surface area contributed by atoms with Gasteiger partial charge in [-0.25, -0.2) is 0 Å². The summed E-state index contributed by atoms with van der Waals surface area (Å²) in [6, 6.07) is 3.56. The van der Waals surface area contributed by atoms with Gasteiger partial charge in [-0.05, 0) is 32.1 Å². The van der Waals surface area contributed by atoms with Crippen LogP contribution < -0.4 is 5.32 Å². The Morgan fingerprint density at radius 1 is 1.62 bits per heavy atom. The number of hydrogen-bond donors (Lipinski definition) is 1. The minimum absolute atomic E-state index is 0. The second-order valence-corrected chi connectivity index (χ2v) is 3.85. The van der Waals surface area contributed by atoms with Crippen LogP contribution >= 0.6 is 0 Å². The third-order valence-corrected chi connectivity index (χ3v) is 2.34. The zero-order valence-electron chi connectivity index (χ0n) is 10.2. The summed E-state index contributed by atoms with van der Waals surface area (Å²) in [5.74, 6) is -0.0678. The molecule has 0 atom stereocenters. The molecule has 0 radical (unpaired) electrons. The summed E-state index contributed by atoms with van der Waals surface area (Å²) in [5.41, 5.74) is 1.59. The van der Waals surface area contributed by atoms with E-state index in [1.165, 1.54) is 0 Å². The van der Waals surface area contributed by atoms with Crippen LogP contribution in [0.1, 0.15) is 30.8 Å². The molecule has 0 aliphatic heterocycles. The maximum Gasteiger partial charge on any atom is 0.251 e. The molecule has 0 aliphatic rings. The molecule has 1 aromatic rings. The third kappa shape index (κ3) is 3.62. The highest BCUT2D eigenvalue weighted by atomic mass is 16.1. The van der Waals surface area contributed by atoms with E-state index in [0.29, 0.717) is 5.56 Å². The molecular weight excluding hydrogens is 202 g/mol. The Kier molecular flexibility index (Phi) is 4.92. The monoisotopic (exact) mass is 223 g/mol. The van der Waals surface area contributed by atoms with Gasteiger partial charge in [0.1, 0.15) is 0 Å². The molecule has 0 aromatic carbocycles. The van der Waals surface area contributed by atoms with Crippen molar-refractivity contribution in [2.75, 3.05) is 20.6 Å². The summed E-state index contributed by atoms with van der Waals surface area (Å²) >= 11 is 0. The van der Waals surface area contributed by atoms with Gasteiger partial charge in [-0.1, -0.05) is 6.92 Å². The number of carbonyl (C=O) groups is 1. The van der Waals surface area contributed by atoms with Crippen LogP contribution in [0.15, 0.2) is 18.3 Å². The van der Waals surface area contributed by atoms with E-state index < -0.39 is 0 Å². The lowest BCUT2D eigenvalue weighted by Gasteiger charge is -2.14. The molecule has 90 valence electrons. The zero-order valence-corrected chi connectivity index (χ0v) is 10.2. The summed E-state index contributed by atoms with van der Waals surface area (Å²) in [6.07, 6.45) is 2.80. The van der Waals surface area contributed by atoms with Crippen molar-refractivity contribution in [2.24, 2.45) is 0 Å². The number of rotatable bonds is 5. The molecule has 0 saturated heterocycles. The molecule has 1 rings (SSSR count). The van der Waals surface area contributed by atoms with Crippen LogP contribution in [-0.4, -0.2) is 36.4 Å². The van der Waals surface area contributed by atoms with Crippen LogP contribution in [0, 0.1) is 0 Å². The number of nitrogens with zero attached hydrogens (tertiary/aromatic N) is 2. The number of aromatic nitrogens is 1. The van der Waals surface area contributed by atoms with Crippen molar-refractivity contribution in [3.05, 3.63) is 29.6 Å². The van der Waals surface area contributed by atoms with Gasteiger partial charge in [0, 0.05) is 26.8 Å². The lowest BCUT2D eigenvalue weighted by Crippen LogP contribution is -2.21. The molecule has 0 spiro atoms. The molecule has 0 saturated carbocycles. The summed E-state index contributed by atoms with van der Waals surface area (Å²) in [6.45, 7) is 3.95. The van der Waals surface area contributed by atoms with E-state index >= 15 is 0 Å². The Morgan fingerprint density at radius 2 is 2.38 bits per heavy atom. The first-order valence-corrected chi connectivity index (χ1v) is 5.53. The Bertz CT molecular complexity index is 357. The summed E-state index contributed by atoms with van der Waals surface area (Å²) in [4.78, 5) is 17.9. The van der Waals surface area contributed by atoms with Crippen LogP contribution in [0.3, 0.4) is 0 Å². The van der Waals surface area contributed by atoms with Crippen LogP contribution in [0.25, 0.3) is 0 Å². The number of pyridine rings is 1. The zero-order chi connectivity index (χ0) is 12.0. The van der Waals surface area contributed by atoms with E-state index in [1.54, 1.807) is 19.3 Å². The molecule has 1 aromatic heterocycles. The average molecular weight is 223 g/mol. The van der Waals surface area contributed by atoms with Crippen molar-refractivity contribution < 1.29 is 6.22 Å². The van der Waals surface area contributed by atoms with E-state index in [4.69, 9.17) is 0 Å². The van der Waals surface area contributed by atoms with Gasteiger partial charge in [0.2, 0.25) is 0 Å². The summed E-state index contributed by atoms with van der Waals surface area (Å²) in [5, 5.41) is 2.61. The number of amides is 1. The SMILES string of the molecule is CCCN(C)Cc1cc(C(=O)NC)ccn1.[HH]. The van der Waals surface area contributed by atoms with Gasteiger partial charge >= 0.3 is 0 Å². The van der Waals surface area contributed by atoms with Crippen molar-refractivity contribution in [1.29, 1.82) is 0 Å². The summed E-state index contributed by atoms with van der Waals surface area (Å²) in [7, 11) is 3.68. The fourth-order valence-corrected chi connectivity index (χ4v) is 1.59. The maximum atomic E-state index is 11.4. The van der Waals surface area contributed by atoms with Gasteiger partial charge in [-0.3, -0.25) is 9.78 Å². The van der Waals surface area contributed by atoms with Gasteiger partial charge < -0.3 is 10.2 Å². The van der Waals surface area contributed by atoms with Gasteiger partial charge in [0.15, 0.2) is 0 Å². The maximum absolute atomic E-state index is 11.4. The Hall–Kier alpha value is -1.42. The average Bonchev–Trinajstić information content (AvgIpc) is 2.28. The van der Waals surface area contributed by atoms with Crippen LogP contribution in [0.2, 0.25) is 0 Å². The van der Waals surface area contributed by atoms with E-state index in [9.17, 15) is 4.79 Å². The number of carbonyl (C=O) groups excluding carboxylic acids is 1. The standard InChI is InChI=1S/C12H19N3O.H2/c1-4-7-15(3)9-11-8-10(5-6-14-11)12(16)13-2;/h5-6,8H,4,7,9H2,1-3H3,(H,13,16);1H. The second kappa shape index (κ2) is 6.23. The molecule has 1 N–H and O–H groups in total. The first-order chi connectivity index (χ1) is 7.67. The number of hydrogen-bond acceptors (Lipinski definition) is 3. The fourth-order valence-electron chi connectivity index (χ4n) is 1.59. The van der Waals surface area contributed by atoms with Crippen molar-refractivity contribution in [3.63, 3.8) is 0 Å². The molecule has 0 bridgehead atoms. The lowest BCUT2D eigenvalue weighted by atomic mass is 10.2. The predicted octanol–water partition coefficient (Wildman–Crippen LogP) is 1.53. The van der Waals surface area contributed by atoms with E-state index in [2.05, 4.69) is 29.2 Å². The second-order valence-electron chi connectivity index (χ2n) is 3.85. The van der Waals surface area contributed by atoms with Crippen molar-refractivity contribution >= 4 is 5.91 Å². The van der Waals surface area contributed by atoms with Crippen LogP contribution in [0.5, 0.6) is 0 Å². The largest absolute Gasteiger partial charge is 0.355 e. The highest BCUT2D eigenvalue weighted by Crippen LogP contribution is 2.04. The highest BCUT2D eigenvalue weighted by molar-refractivity contribution is 5.93. The van der Waals surface area contributed by atoms with Gasteiger partial charge in [-0.15, -0.1) is 0 Å². The predicted molar refractivity (Wildman–Crippen MR) is 66.4 cm³/mol. The molecule has 16 heavy (non-hydrogen) atoms. The van der Waals surface area contributed by atoms with Crippen molar-refractivity contribution in [1.82, 2.24) is 15.2 Å².